The summed E-state index contributed by atoms with van der Waals surface area (Å²) in [6, 6.07) is 10.3. The van der Waals surface area contributed by atoms with Gasteiger partial charge in [0, 0.05) is 16.1 Å². The Balaban J connectivity index is 1.51. The molecule has 2 aromatic heterocycles. The molecule has 1 aliphatic rings. The first-order valence-electron chi connectivity index (χ1n) is 8.54. The van der Waals surface area contributed by atoms with Gasteiger partial charge in [0.25, 0.3) is 0 Å². The lowest BCUT2D eigenvalue weighted by Gasteiger charge is -2.07. The molecule has 4 nitrogen and oxygen atoms in total. The summed E-state index contributed by atoms with van der Waals surface area (Å²) in [4.78, 5) is 18.5. The molecule has 0 saturated heterocycles. The highest BCUT2D eigenvalue weighted by Gasteiger charge is 2.16. The third-order valence-electron chi connectivity index (χ3n) is 4.66. The number of thiazole rings is 1. The van der Waals surface area contributed by atoms with Crippen LogP contribution in [0, 0.1) is 6.92 Å². The lowest BCUT2D eigenvalue weighted by Crippen LogP contribution is -2.19. The maximum absolute atomic E-state index is 12.5. The van der Waals surface area contributed by atoms with E-state index in [0.717, 1.165) is 29.2 Å². The van der Waals surface area contributed by atoms with E-state index in [4.69, 9.17) is 0 Å². The molecule has 0 bridgehead atoms. The summed E-state index contributed by atoms with van der Waals surface area (Å²) in [5.41, 5.74) is 3.39. The first-order valence-corrected chi connectivity index (χ1v) is 9.35. The maximum Gasteiger partial charge on any atom is 0.246 e. The van der Waals surface area contributed by atoms with E-state index in [1.165, 1.54) is 35.2 Å². The van der Waals surface area contributed by atoms with Gasteiger partial charge in [0.1, 0.15) is 6.54 Å². The molecule has 124 valence electrons. The SMILES string of the molecule is Cc1cc2ccccc2n1CC(=O)Nc1nc2c(s1)CCCCC2. The molecule has 2 heterocycles. The molecule has 1 aliphatic carbocycles. The van der Waals surface area contributed by atoms with E-state index in [9.17, 15) is 4.79 Å². The lowest BCUT2D eigenvalue weighted by atomic mass is 10.2. The molecule has 0 aliphatic heterocycles. The summed E-state index contributed by atoms with van der Waals surface area (Å²) < 4.78 is 2.06. The Kier molecular flexibility index (Phi) is 4.10. The average molecular weight is 339 g/mol. The van der Waals surface area contributed by atoms with Gasteiger partial charge in [-0.25, -0.2) is 4.98 Å². The third kappa shape index (κ3) is 2.96. The van der Waals surface area contributed by atoms with Crippen LogP contribution >= 0.6 is 11.3 Å². The van der Waals surface area contributed by atoms with Crippen LogP contribution in [0.25, 0.3) is 10.9 Å². The smallest absolute Gasteiger partial charge is 0.246 e. The van der Waals surface area contributed by atoms with Crippen molar-refractivity contribution in [3.8, 4) is 0 Å². The van der Waals surface area contributed by atoms with Gasteiger partial charge in [-0.1, -0.05) is 24.6 Å². The quantitative estimate of drug-likeness (QED) is 0.723. The molecule has 24 heavy (non-hydrogen) atoms. The number of amides is 1. The zero-order chi connectivity index (χ0) is 16.5. The fraction of sp³-hybridized carbons (Fsp3) is 0.368. The second-order valence-corrected chi connectivity index (χ2v) is 7.51. The van der Waals surface area contributed by atoms with Gasteiger partial charge in [0.05, 0.1) is 5.69 Å². The van der Waals surface area contributed by atoms with Crippen LogP contribution in [-0.2, 0) is 24.2 Å². The molecular formula is C19H21N3OS. The van der Waals surface area contributed by atoms with E-state index >= 15 is 0 Å². The van der Waals surface area contributed by atoms with Crippen LogP contribution in [0.3, 0.4) is 0 Å². The molecule has 0 unspecified atom stereocenters. The number of fused-ring (bicyclic) bond motifs is 2. The molecule has 0 fully saturated rings. The van der Waals surface area contributed by atoms with Crippen LogP contribution in [0.1, 0.15) is 35.5 Å². The minimum atomic E-state index is -0.0108. The second kappa shape index (κ2) is 6.40. The highest BCUT2D eigenvalue weighted by molar-refractivity contribution is 7.15. The number of hydrogen-bond donors (Lipinski definition) is 1. The molecule has 0 spiro atoms. The Bertz CT molecular complexity index is 870. The molecule has 0 atom stereocenters. The number of anilines is 1. The van der Waals surface area contributed by atoms with Crippen LogP contribution in [0.15, 0.2) is 30.3 Å². The molecule has 5 heteroatoms. The van der Waals surface area contributed by atoms with Gasteiger partial charge in [-0.2, -0.15) is 0 Å². The normalized spacial score (nSPS) is 14.4. The van der Waals surface area contributed by atoms with E-state index < -0.39 is 0 Å². The van der Waals surface area contributed by atoms with Gasteiger partial charge in [-0.15, -0.1) is 11.3 Å². The summed E-state index contributed by atoms with van der Waals surface area (Å²) in [5, 5.41) is 4.92. The molecule has 1 aromatic carbocycles. The third-order valence-corrected chi connectivity index (χ3v) is 5.73. The Morgan fingerprint density at radius 1 is 1.25 bits per heavy atom. The van der Waals surface area contributed by atoms with Gasteiger partial charge in [-0.05, 0) is 50.1 Å². The number of aromatic nitrogens is 2. The van der Waals surface area contributed by atoms with Crippen molar-refractivity contribution in [3.05, 3.63) is 46.6 Å². The predicted octanol–water partition coefficient (Wildman–Crippen LogP) is 4.31. The van der Waals surface area contributed by atoms with Crippen LogP contribution in [0.4, 0.5) is 5.13 Å². The number of para-hydroxylation sites is 1. The Labute approximate surface area is 145 Å². The van der Waals surface area contributed by atoms with Crippen molar-refractivity contribution in [1.82, 2.24) is 9.55 Å². The van der Waals surface area contributed by atoms with Crippen LogP contribution in [0.2, 0.25) is 0 Å². The van der Waals surface area contributed by atoms with Crippen LogP contribution < -0.4 is 5.32 Å². The summed E-state index contributed by atoms with van der Waals surface area (Å²) in [5.74, 6) is -0.0108. The van der Waals surface area contributed by atoms with Gasteiger partial charge in [-0.3, -0.25) is 4.79 Å². The molecule has 1 N–H and O–H groups in total. The summed E-state index contributed by atoms with van der Waals surface area (Å²) in [6.45, 7) is 2.36. The van der Waals surface area contributed by atoms with Crippen molar-refractivity contribution in [2.24, 2.45) is 0 Å². The van der Waals surface area contributed by atoms with Crippen molar-refractivity contribution in [2.75, 3.05) is 5.32 Å². The second-order valence-electron chi connectivity index (χ2n) is 6.43. The number of carbonyl (C=O) groups is 1. The van der Waals surface area contributed by atoms with E-state index in [0.29, 0.717) is 6.54 Å². The lowest BCUT2D eigenvalue weighted by molar-refractivity contribution is -0.116. The molecule has 4 rings (SSSR count). The highest BCUT2D eigenvalue weighted by atomic mass is 32.1. The Hall–Kier alpha value is -2.14. The molecule has 1 amide bonds. The van der Waals surface area contributed by atoms with Crippen molar-refractivity contribution in [1.29, 1.82) is 0 Å². The van der Waals surface area contributed by atoms with Gasteiger partial charge in [0.15, 0.2) is 5.13 Å². The van der Waals surface area contributed by atoms with Crippen molar-refractivity contribution < 1.29 is 4.79 Å². The summed E-state index contributed by atoms with van der Waals surface area (Å²) >= 11 is 1.65. The minimum absolute atomic E-state index is 0.0108. The predicted molar refractivity (Wildman–Crippen MR) is 98.7 cm³/mol. The first kappa shape index (κ1) is 15.4. The fourth-order valence-electron chi connectivity index (χ4n) is 3.44. The first-order chi connectivity index (χ1) is 11.7. The number of nitrogens with one attached hydrogen (secondary N) is 1. The van der Waals surface area contributed by atoms with Crippen molar-refractivity contribution in [2.45, 2.75) is 45.6 Å². The molecule has 0 saturated carbocycles. The largest absolute Gasteiger partial charge is 0.335 e. The maximum atomic E-state index is 12.5. The van der Waals surface area contributed by atoms with E-state index in [1.54, 1.807) is 11.3 Å². The summed E-state index contributed by atoms with van der Waals surface area (Å²) in [7, 11) is 0. The monoisotopic (exact) mass is 339 g/mol. The number of nitrogens with zero attached hydrogens (tertiary/aromatic N) is 2. The number of aryl methyl sites for hydroxylation is 3. The van der Waals surface area contributed by atoms with Crippen molar-refractivity contribution in [3.63, 3.8) is 0 Å². The average Bonchev–Trinajstić information content (AvgIpc) is 3.00. The van der Waals surface area contributed by atoms with Crippen molar-refractivity contribution >= 4 is 33.3 Å². The van der Waals surface area contributed by atoms with Crippen LogP contribution in [-0.4, -0.2) is 15.5 Å². The van der Waals surface area contributed by atoms with E-state index in [-0.39, 0.29) is 5.91 Å². The van der Waals surface area contributed by atoms with E-state index in [2.05, 4.69) is 33.1 Å². The molecular weight excluding hydrogens is 318 g/mol. The number of rotatable bonds is 3. The van der Waals surface area contributed by atoms with Gasteiger partial charge >= 0.3 is 0 Å². The minimum Gasteiger partial charge on any atom is -0.335 e. The zero-order valence-corrected chi connectivity index (χ0v) is 14.7. The Morgan fingerprint density at radius 2 is 2.08 bits per heavy atom. The topological polar surface area (TPSA) is 46.9 Å². The standard InChI is InChI=1S/C19H21N3OS/c1-13-11-14-7-5-6-9-16(14)22(13)12-18(23)21-19-20-15-8-3-2-4-10-17(15)24-19/h5-7,9,11H,2-4,8,10,12H2,1H3,(H,20,21,23). The Morgan fingerprint density at radius 3 is 3.00 bits per heavy atom. The zero-order valence-electron chi connectivity index (χ0n) is 13.8. The fourth-order valence-corrected chi connectivity index (χ4v) is 4.51. The van der Waals surface area contributed by atoms with Crippen LogP contribution in [0.5, 0.6) is 0 Å². The van der Waals surface area contributed by atoms with Gasteiger partial charge in [0.2, 0.25) is 5.91 Å². The summed E-state index contributed by atoms with van der Waals surface area (Å²) in [6.07, 6.45) is 5.87. The number of benzene rings is 1. The molecule has 0 radical (unpaired) electrons. The number of carbonyl (C=O) groups excluding carboxylic acids is 1. The van der Waals surface area contributed by atoms with Gasteiger partial charge < -0.3 is 9.88 Å². The number of hydrogen-bond acceptors (Lipinski definition) is 3. The highest BCUT2D eigenvalue weighted by Crippen LogP contribution is 2.29. The molecule has 3 aromatic rings. The van der Waals surface area contributed by atoms with E-state index in [1.807, 2.05) is 19.1 Å².